The van der Waals surface area contributed by atoms with E-state index in [0.717, 1.165) is 11.4 Å². The van der Waals surface area contributed by atoms with E-state index < -0.39 is 5.66 Å². The lowest BCUT2D eigenvalue weighted by atomic mass is 10.2. The van der Waals surface area contributed by atoms with Crippen LogP contribution in [0.5, 0.6) is 0 Å². The fourth-order valence-electron chi connectivity index (χ4n) is 1.46. The molecular formula is C9H12N2O2. The van der Waals surface area contributed by atoms with E-state index in [1.165, 1.54) is 0 Å². The van der Waals surface area contributed by atoms with E-state index in [4.69, 9.17) is 10.2 Å². The predicted molar refractivity (Wildman–Crippen MR) is 50.6 cm³/mol. The number of anilines is 2. The van der Waals surface area contributed by atoms with Gasteiger partial charge in [-0.3, -0.25) is 0 Å². The van der Waals surface area contributed by atoms with Crippen molar-refractivity contribution in [2.45, 2.75) is 5.66 Å². The van der Waals surface area contributed by atoms with E-state index in [2.05, 4.69) is 10.6 Å². The van der Waals surface area contributed by atoms with Gasteiger partial charge in [0.15, 0.2) is 5.66 Å². The van der Waals surface area contributed by atoms with Crippen molar-refractivity contribution in [3.8, 4) is 0 Å². The van der Waals surface area contributed by atoms with Gasteiger partial charge in [0.05, 0.1) is 24.6 Å². The van der Waals surface area contributed by atoms with Gasteiger partial charge in [0.2, 0.25) is 0 Å². The maximum atomic E-state index is 9.10. The van der Waals surface area contributed by atoms with E-state index in [1.54, 1.807) is 0 Å². The second kappa shape index (κ2) is 2.90. The summed E-state index contributed by atoms with van der Waals surface area (Å²) in [5.41, 5.74) is 1.01. The Labute approximate surface area is 76.2 Å². The van der Waals surface area contributed by atoms with Crippen molar-refractivity contribution in [1.82, 2.24) is 0 Å². The molecule has 4 nitrogen and oxygen atoms in total. The molecule has 1 aromatic carbocycles. The summed E-state index contributed by atoms with van der Waals surface area (Å²) in [6.07, 6.45) is 0. The molecule has 1 aliphatic heterocycles. The number of para-hydroxylation sites is 2. The van der Waals surface area contributed by atoms with Crippen molar-refractivity contribution in [3.05, 3.63) is 24.3 Å². The highest BCUT2D eigenvalue weighted by Crippen LogP contribution is 2.32. The molecule has 1 aromatic rings. The monoisotopic (exact) mass is 180 g/mol. The number of benzene rings is 1. The third-order valence-electron chi connectivity index (χ3n) is 2.21. The van der Waals surface area contributed by atoms with Crippen LogP contribution >= 0.6 is 0 Å². The summed E-state index contributed by atoms with van der Waals surface area (Å²) in [6, 6.07) is 7.60. The molecule has 0 saturated carbocycles. The van der Waals surface area contributed by atoms with Crippen molar-refractivity contribution in [2.75, 3.05) is 23.8 Å². The van der Waals surface area contributed by atoms with Gasteiger partial charge in [0, 0.05) is 0 Å². The van der Waals surface area contributed by atoms with Crippen LogP contribution in [0.4, 0.5) is 11.4 Å². The van der Waals surface area contributed by atoms with Crippen molar-refractivity contribution < 1.29 is 10.2 Å². The summed E-state index contributed by atoms with van der Waals surface area (Å²) in [6.45, 7) is -0.309. The van der Waals surface area contributed by atoms with Crippen LogP contribution in [0.1, 0.15) is 0 Å². The van der Waals surface area contributed by atoms with E-state index >= 15 is 0 Å². The largest absolute Gasteiger partial charge is 0.392 e. The lowest BCUT2D eigenvalue weighted by molar-refractivity contribution is 0.156. The van der Waals surface area contributed by atoms with Crippen LogP contribution in [-0.4, -0.2) is 29.1 Å². The summed E-state index contributed by atoms with van der Waals surface area (Å²) >= 11 is 0. The standard InChI is InChI=1S/C9H12N2O2/c12-5-9(6-13)10-7-3-1-2-4-8(7)11-9/h1-4,10-13H,5-6H2. The fraction of sp³-hybridized carbons (Fsp3) is 0.333. The van der Waals surface area contributed by atoms with Crippen LogP contribution in [0.3, 0.4) is 0 Å². The third-order valence-corrected chi connectivity index (χ3v) is 2.21. The number of fused-ring (bicyclic) bond motifs is 1. The quantitative estimate of drug-likeness (QED) is 0.525. The lowest BCUT2D eigenvalue weighted by Gasteiger charge is -2.25. The molecule has 4 heteroatoms. The minimum atomic E-state index is -0.802. The number of aliphatic hydroxyl groups excluding tert-OH is 2. The van der Waals surface area contributed by atoms with E-state index in [9.17, 15) is 0 Å². The van der Waals surface area contributed by atoms with Gasteiger partial charge in [-0.2, -0.15) is 0 Å². The predicted octanol–water partition coefficient (Wildman–Crippen LogP) is 0.205. The molecule has 2 rings (SSSR count). The number of aliphatic hydroxyl groups is 2. The van der Waals surface area contributed by atoms with Crippen LogP contribution in [0.2, 0.25) is 0 Å². The normalized spacial score (nSPS) is 17.4. The highest BCUT2D eigenvalue weighted by atomic mass is 16.3. The minimum Gasteiger partial charge on any atom is -0.392 e. The highest BCUT2D eigenvalue weighted by Gasteiger charge is 2.34. The molecule has 70 valence electrons. The average molecular weight is 180 g/mol. The Morgan fingerprint density at radius 1 is 1.00 bits per heavy atom. The molecule has 0 bridgehead atoms. The molecule has 4 N–H and O–H groups in total. The van der Waals surface area contributed by atoms with E-state index in [0.29, 0.717) is 0 Å². The highest BCUT2D eigenvalue weighted by molar-refractivity contribution is 5.76. The van der Waals surface area contributed by atoms with Crippen LogP contribution < -0.4 is 10.6 Å². The molecule has 0 unspecified atom stereocenters. The Kier molecular flexibility index (Phi) is 1.86. The van der Waals surface area contributed by atoms with Gasteiger partial charge in [0.1, 0.15) is 0 Å². The van der Waals surface area contributed by atoms with Crippen molar-refractivity contribution >= 4 is 11.4 Å². The molecule has 0 aliphatic carbocycles. The van der Waals surface area contributed by atoms with Crippen molar-refractivity contribution in [1.29, 1.82) is 0 Å². The van der Waals surface area contributed by atoms with Gasteiger partial charge in [0.25, 0.3) is 0 Å². The number of nitrogens with one attached hydrogen (secondary N) is 2. The Balaban J connectivity index is 2.30. The van der Waals surface area contributed by atoms with Crippen molar-refractivity contribution in [3.63, 3.8) is 0 Å². The molecule has 13 heavy (non-hydrogen) atoms. The molecule has 0 radical (unpaired) electrons. The van der Waals surface area contributed by atoms with E-state index in [-0.39, 0.29) is 13.2 Å². The number of rotatable bonds is 2. The molecule has 1 heterocycles. The first-order valence-corrected chi connectivity index (χ1v) is 4.17. The topological polar surface area (TPSA) is 64.5 Å². The van der Waals surface area contributed by atoms with Crippen molar-refractivity contribution in [2.24, 2.45) is 0 Å². The van der Waals surface area contributed by atoms with Gasteiger partial charge in [-0.1, -0.05) is 12.1 Å². The summed E-state index contributed by atoms with van der Waals surface area (Å²) in [5.74, 6) is 0. The first-order chi connectivity index (χ1) is 6.29. The van der Waals surface area contributed by atoms with Crippen LogP contribution in [0.15, 0.2) is 24.3 Å². The first kappa shape index (κ1) is 8.34. The second-order valence-corrected chi connectivity index (χ2v) is 3.19. The van der Waals surface area contributed by atoms with Crippen LogP contribution in [-0.2, 0) is 0 Å². The molecule has 0 amide bonds. The SMILES string of the molecule is OCC1(CO)Nc2ccccc2N1. The zero-order valence-corrected chi connectivity index (χ0v) is 7.12. The second-order valence-electron chi connectivity index (χ2n) is 3.19. The Morgan fingerprint density at radius 3 is 1.85 bits per heavy atom. The summed E-state index contributed by atoms with van der Waals surface area (Å²) < 4.78 is 0. The average Bonchev–Trinajstić information content (AvgIpc) is 2.57. The van der Waals surface area contributed by atoms with Crippen LogP contribution in [0, 0.1) is 0 Å². The molecule has 0 spiro atoms. The molecule has 0 fully saturated rings. The van der Waals surface area contributed by atoms with Crippen LogP contribution in [0.25, 0.3) is 0 Å². The first-order valence-electron chi connectivity index (χ1n) is 4.17. The van der Waals surface area contributed by atoms with E-state index in [1.807, 2.05) is 24.3 Å². The molecule has 0 atom stereocenters. The van der Waals surface area contributed by atoms with Gasteiger partial charge < -0.3 is 20.8 Å². The zero-order valence-electron chi connectivity index (χ0n) is 7.12. The maximum absolute atomic E-state index is 9.10. The van der Waals surface area contributed by atoms with Gasteiger partial charge in [-0.25, -0.2) is 0 Å². The number of hydrogen-bond donors (Lipinski definition) is 4. The Morgan fingerprint density at radius 2 is 1.46 bits per heavy atom. The molecule has 0 saturated heterocycles. The van der Waals surface area contributed by atoms with Gasteiger partial charge in [-0.05, 0) is 12.1 Å². The summed E-state index contributed by atoms with van der Waals surface area (Å²) in [7, 11) is 0. The third kappa shape index (κ3) is 1.24. The smallest absolute Gasteiger partial charge is 0.155 e. The fourth-order valence-corrected chi connectivity index (χ4v) is 1.46. The zero-order chi connectivity index (χ0) is 9.31. The summed E-state index contributed by atoms with van der Waals surface area (Å²) in [5, 5.41) is 24.3. The molecule has 0 aromatic heterocycles. The molecular weight excluding hydrogens is 168 g/mol. The minimum absolute atomic E-state index is 0.155. The lowest BCUT2D eigenvalue weighted by Crippen LogP contribution is -2.49. The van der Waals surface area contributed by atoms with Gasteiger partial charge in [-0.15, -0.1) is 0 Å². The van der Waals surface area contributed by atoms with Gasteiger partial charge >= 0.3 is 0 Å². The Hall–Kier alpha value is -1.26. The summed E-state index contributed by atoms with van der Waals surface area (Å²) in [4.78, 5) is 0. The number of hydrogen-bond acceptors (Lipinski definition) is 4. The Bertz CT molecular complexity index is 283. The maximum Gasteiger partial charge on any atom is 0.155 e. The molecule has 1 aliphatic rings.